The van der Waals surface area contributed by atoms with Crippen molar-refractivity contribution in [1.82, 2.24) is 9.47 Å². The Morgan fingerprint density at radius 1 is 1.09 bits per heavy atom. The van der Waals surface area contributed by atoms with Crippen LogP contribution in [0.2, 0.25) is 5.02 Å². The molecule has 0 bridgehead atoms. The molecule has 0 N–H and O–H groups in total. The number of carbonyl (C=O) groups excluding carboxylic acids is 1. The lowest BCUT2D eigenvalue weighted by atomic mass is 9.98. The molecular weight excluding hydrogens is 471 g/mol. The van der Waals surface area contributed by atoms with Crippen LogP contribution in [-0.4, -0.2) is 34.8 Å². The van der Waals surface area contributed by atoms with E-state index in [-0.39, 0.29) is 12.1 Å². The minimum absolute atomic E-state index is 0.287. The van der Waals surface area contributed by atoms with Crippen molar-refractivity contribution in [2.24, 2.45) is 0 Å². The fourth-order valence-corrected chi connectivity index (χ4v) is 4.45. The van der Waals surface area contributed by atoms with E-state index in [1.165, 1.54) is 23.8 Å². The van der Waals surface area contributed by atoms with E-state index < -0.39 is 17.5 Å². The number of methoxy groups -OCH3 is 1. The number of rotatable bonds is 3. The number of benzene rings is 2. The van der Waals surface area contributed by atoms with Crippen LogP contribution in [0.1, 0.15) is 37.6 Å². The first-order valence-corrected chi connectivity index (χ1v) is 11.7. The standard InChI is InChI=1S/C27H28ClFN2O4/c1-16-6-8-18(28)12-19(16)20-13-24(34-5)23(14-21(20)29)31-22-10-11-30(26(33)35-27(2,3)4)15-17(22)7-9-25(31)32/h6-9,12-14H,10-11,15H2,1-5H3. The number of hydrogen-bond acceptors (Lipinski definition) is 4. The van der Waals surface area contributed by atoms with Gasteiger partial charge < -0.3 is 14.4 Å². The second kappa shape index (κ2) is 9.38. The highest BCUT2D eigenvalue weighted by Crippen LogP contribution is 2.36. The van der Waals surface area contributed by atoms with E-state index in [0.29, 0.717) is 46.2 Å². The first kappa shape index (κ1) is 24.8. The third kappa shape index (κ3) is 5.05. The Bertz CT molecular complexity index is 1360. The number of amides is 1. The van der Waals surface area contributed by atoms with Gasteiger partial charge in [-0.25, -0.2) is 9.18 Å². The largest absolute Gasteiger partial charge is 0.495 e. The summed E-state index contributed by atoms with van der Waals surface area (Å²) in [6, 6.07) is 11.3. The van der Waals surface area contributed by atoms with Gasteiger partial charge in [0.25, 0.3) is 5.56 Å². The SMILES string of the molecule is COc1cc(-c2cc(Cl)ccc2C)c(F)cc1-n1c2c(ccc1=O)CN(C(=O)OC(C)(C)C)CC2. The number of aryl methyl sites for hydroxylation is 1. The predicted molar refractivity (Wildman–Crippen MR) is 134 cm³/mol. The average molecular weight is 499 g/mol. The molecule has 0 spiro atoms. The van der Waals surface area contributed by atoms with E-state index in [4.69, 9.17) is 21.1 Å². The van der Waals surface area contributed by atoms with Crippen LogP contribution >= 0.6 is 11.6 Å². The number of pyridine rings is 1. The molecule has 184 valence electrons. The van der Waals surface area contributed by atoms with Crippen molar-refractivity contribution in [3.8, 4) is 22.6 Å². The van der Waals surface area contributed by atoms with Gasteiger partial charge in [0.05, 0.1) is 19.3 Å². The van der Waals surface area contributed by atoms with Gasteiger partial charge in [-0.15, -0.1) is 0 Å². The van der Waals surface area contributed by atoms with Crippen LogP contribution in [0.3, 0.4) is 0 Å². The van der Waals surface area contributed by atoms with Crippen molar-refractivity contribution in [3.63, 3.8) is 0 Å². The van der Waals surface area contributed by atoms with Gasteiger partial charge in [-0.1, -0.05) is 17.7 Å². The molecule has 0 unspecified atom stereocenters. The lowest BCUT2D eigenvalue weighted by molar-refractivity contribution is 0.0222. The quantitative estimate of drug-likeness (QED) is 0.450. The van der Waals surface area contributed by atoms with Crippen molar-refractivity contribution in [2.45, 2.75) is 46.3 Å². The second-order valence-electron chi connectivity index (χ2n) is 9.59. The summed E-state index contributed by atoms with van der Waals surface area (Å²) >= 11 is 6.15. The van der Waals surface area contributed by atoms with E-state index in [0.717, 1.165) is 11.1 Å². The molecule has 1 amide bonds. The summed E-state index contributed by atoms with van der Waals surface area (Å²) in [6.07, 6.45) is -0.00400. The molecule has 3 aromatic rings. The number of ether oxygens (including phenoxy) is 2. The average Bonchev–Trinajstić information content (AvgIpc) is 2.79. The van der Waals surface area contributed by atoms with E-state index in [9.17, 15) is 9.59 Å². The Morgan fingerprint density at radius 3 is 2.51 bits per heavy atom. The monoisotopic (exact) mass is 498 g/mol. The molecule has 4 rings (SSSR count). The van der Waals surface area contributed by atoms with Crippen molar-refractivity contribution in [1.29, 1.82) is 0 Å². The molecule has 6 nitrogen and oxygen atoms in total. The minimum Gasteiger partial charge on any atom is -0.495 e. The highest BCUT2D eigenvalue weighted by molar-refractivity contribution is 6.30. The fourth-order valence-electron chi connectivity index (χ4n) is 4.28. The Balaban J connectivity index is 1.78. The maximum Gasteiger partial charge on any atom is 0.410 e. The zero-order valence-electron chi connectivity index (χ0n) is 20.4. The van der Waals surface area contributed by atoms with Gasteiger partial charge in [0.15, 0.2) is 0 Å². The number of aromatic nitrogens is 1. The normalized spacial score (nSPS) is 13.4. The number of nitrogens with zero attached hydrogens (tertiary/aromatic N) is 2. The maximum atomic E-state index is 15.5. The summed E-state index contributed by atoms with van der Waals surface area (Å²) in [5.74, 6) is -0.146. The Hall–Kier alpha value is -3.32. The molecule has 8 heteroatoms. The molecule has 0 fully saturated rings. The van der Waals surface area contributed by atoms with E-state index in [1.807, 2.05) is 33.8 Å². The first-order valence-electron chi connectivity index (χ1n) is 11.3. The van der Waals surface area contributed by atoms with Gasteiger partial charge in [-0.05, 0) is 68.7 Å². The summed E-state index contributed by atoms with van der Waals surface area (Å²) in [6.45, 7) is 7.98. The van der Waals surface area contributed by atoms with Crippen LogP contribution in [0.4, 0.5) is 9.18 Å². The lowest BCUT2D eigenvalue weighted by Crippen LogP contribution is -2.41. The fraction of sp³-hybridized carbons (Fsp3) is 0.333. The van der Waals surface area contributed by atoms with Crippen molar-refractivity contribution < 1.29 is 18.7 Å². The van der Waals surface area contributed by atoms with E-state index in [2.05, 4.69) is 0 Å². The van der Waals surface area contributed by atoms with Crippen molar-refractivity contribution >= 4 is 17.7 Å². The van der Waals surface area contributed by atoms with Gasteiger partial charge in [0, 0.05) is 41.4 Å². The Kier molecular flexibility index (Phi) is 6.64. The van der Waals surface area contributed by atoms with Crippen LogP contribution in [0.25, 0.3) is 16.8 Å². The summed E-state index contributed by atoms with van der Waals surface area (Å²) in [5.41, 5.74) is 2.74. The van der Waals surface area contributed by atoms with Crippen molar-refractivity contribution in [3.05, 3.63) is 80.5 Å². The molecule has 2 heterocycles. The highest BCUT2D eigenvalue weighted by atomic mass is 35.5. The maximum absolute atomic E-state index is 15.5. The van der Waals surface area contributed by atoms with Gasteiger partial charge in [0.1, 0.15) is 17.2 Å². The van der Waals surface area contributed by atoms with Crippen LogP contribution < -0.4 is 10.3 Å². The number of halogens is 2. The molecule has 0 aliphatic carbocycles. The number of fused-ring (bicyclic) bond motifs is 1. The van der Waals surface area contributed by atoms with E-state index >= 15 is 4.39 Å². The Morgan fingerprint density at radius 2 is 1.83 bits per heavy atom. The number of hydrogen-bond donors (Lipinski definition) is 0. The molecular formula is C27H28ClFN2O4. The van der Waals surface area contributed by atoms with Crippen LogP contribution in [-0.2, 0) is 17.7 Å². The third-order valence-electron chi connectivity index (χ3n) is 5.92. The van der Waals surface area contributed by atoms with Gasteiger partial charge >= 0.3 is 6.09 Å². The predicted octanol–water partition coefficient (Wildman–Crippen LogP) is 5.91. The lowest BCUT2D eigenvalue weighted by Gasteiger charge is -2.32. The van der Waals surface area contributed by atoms with Gasteiger partial charge in [0.2, 0.25) is 0 Å². The molecule has 1 aliphatic rings. The zero-order valence-corrected chi connectivity index (χ0v) is 21.2. The van der Waals surface area contributed by atoms with Gasteiger partial charge in [-0.2, -0.15) is 0 Å². The molecule has 1 aromatic heterocycles. The highest BCUT2D eigenvalue weighted by Gasteiger charge is 2.28. The molecule has 0 radical (unpaired) electrons. The van der Waals surface area contributed by atoms with Gasteiger partial charge in [-0.3, -0.25) is 9.36 Å². The summed E-state index contributed by atoms with van der Waals surface area (Å²) in [5, 5.41) is 0.496. The minimum atomic E-state index is -0.607. The number of carbonyl (C=O) groups is 1. The second-order valence-corrected chi connectivity index (χ2v) is 10.0. The molecule has 0 saturated heterocycles. The molecule has 0 atom stereocenters. The van der Waals surface area contributed by atoms with Crippen LogP contribution in [0.5, 0.6) is 5.75 Å². The summed E-state index contributed by atoms with van der Waals surface area (Å²) in [4.78, 5) is 27.2. The third-order valence-corrected chi connectivity index (χ3v) is 6.15. The summed E-state index contributed by atoms with van der Waals surface area (Å²) < 4.78 is 28.0. The Labute approximate surface area is 208 Å². The van der Waals surface area contributed by atoms with Crippen molar-refractivity contribution in [2.75, 3.05) is 13.7 Å². The zero-order chi connectivity index (χ0) is 25.5. The topological polar surface area (TPSA) is 60.8 Å². The van der Waals surface area contributed by atoms with Crippen LogP contribution in [0.15, 0.2) is 47.3 Å². The van der Waals surface area contributed by atoms with Crippen LogP contribution in [0, 0.1) is 12.7 Å². The first-order chi connectivity index (χ1) is 16.5. The summed E-state index contributed by atoms with van der Waals surface area (Å²) in [7, 11) is 1.48. The molecule has 35 heavy (non-hydrogen) atoms. The molecule has 2 aromatic carbocycles. The van der Waals surface area contributed by atoms with E-state index in [1.54, 1.807) is 29.2 Å². The molecule has 1 aliphatic heterocycles. The molecule has 0 saturated carbocycles. The smallest absolute Gasteiger partial charge is 0.410 e.